The lowest BCUT2D eigenvalue weighted by atomic mass is 9.72. The van der Waals surface area contributed by atoms with Gasteiger partial charge in [-0.1, -0.05) is 55.5 Å². The summed E-state index contributed by atoms with van der Waals surface area (Å²) in [5, 5.41) is 3.29. The predicted octanol–water partition coefficient (Wildman–Crippen LogP) is 6.08. The smallest absolute Gasteiger partial charge is 0.464 e. The standard InChI is InChI=1S/C28H22F3N3O6S2/c1-27(2)13-12-16(24(35)34-26-33-20-6-4-5-7-22(20)41-26)17-14-15(8-9-18(17)27)19-10-11-21(23(32-19)25(36)39-3)40-42(37,38)28(29,30)31/h4-12,14H,13H2,1-3H3,(H,33,34,35). The molecular formula is C28H22F3N3O6S2. The first-order chi connectivity index (χ1) is 19.7. The van der Waals surface area contributed by atoms with Gasteiger partial charge in [-0.3, -0.25) is 10.1 Å². The first-order valence-corrected chi connectivity index (χ1v) is 14.5. The number of hydrogen-bond donors (Lipinski definition) is 1. The Balaban J connectivity index is 1.53. The molecule has 14 heteroatoms. The van der Waals surface area contributed by atoms with E-state index in [1.165, 1.54) is 17.4 Å². The molecule has 0 fully saturated rings. The molecular weight excluding hydrogens is 595 g/mol. The molecule has 0 saturated heterocycles. The Morgan fingerprint density at radius 3 is 2.48 bits per heavy atom. The number of aromatic nitrogens is 2. The summed E-state index contributed by atoms with van der Waals surface area (Å²) < 4.78 is 71.5. The van der Waals surface area contributed by atoms with Crippen LogP contribution in [0.4, 0.5) is 18.3 Å². The van der Waals surface area contributed by atoms with Crippen molar-refractivity contribution in [3.63, 3.8) is 0 Å². The fourth-order valence-electron chi connectivity index (χ4n) is 4.48. The Morgan fingerprint density at radius 1 is 1.05 bits per heavy atom. The fraction of sp³-hybridized carbons (Fsp3) is 0.214. The Bertz CT molecular complexity index is 1850. The number of thiazole rings is 1. The summed E-state index contributed by atoms with van der Waals surface area (Å²) in [5.41, 5.74) is -3.73. The zero-order chi connectivity index (χ0) is 30.4. The fourth-order valence-corrected chi connectivity index (χ4v) is 5.81. The number of alkyl halides is 3. The minimum Gasteiger partial charge on any atom is -0.464 e. The van der Waals surface area contributed by atoms with E-state index in [-0.39, 0.29) is 17.0 Å². The summed E-state index contributed by atoms with van der Waals surface area (Å²) in [5.74, 6) is -2.54. The number of nitrogens with one attached hydrogen (secondary N) is 1. The van der Waals surface area contributed by atoms with Crippen molar-refractivity contribution in [2.24, 2.45) is 0 Å². The first-order valence-electron chi connectivity index (χ1n) is 12.3. The second kappa shape index (κ2) is 10.5. The van der Waals surface area contributed by atoms with E-state index < -0.39 is 33.0 Å². The summed E-state index contributed by atoms with van der Waals surface area (Å²) in [6, 6.07) is 14.7. The lowest BCUT2D eigenvalue weighted by Crippen LogP contribution is -2.29. The van der Waals surface area contributed by atoms with Gasteiger partial charge in [0.05, 0.1) is 23.0 Å². The maximum absolute atomic E-state index is 13.5. The van der Waals surface area contributed by atoms with Gasteiger partial charge in [0.1, 0.15) is 0 Å². The first kappa shape index (κ1) is 29.2. The topological polar surface area (TPSA) is 125 Å². The van der Waals surface area contributed by atoms with E-state index in [0.717, 1.165) is 29.0 Å². The van der Waals surface area contributed by atoms with E-state index in [4.69, 9.17) is 0 Å². The van der Waals surface area contributed by atoms with Crippen molar-refractivity contribution in [1.82, 2.24) is 9.97 Å². The van der Waals surface area contributed by atoms with Gasteiger partial charge in [0.15, 0.2) is 16.6 Å². The molecule has 1 aliphatic rings. The molecule has 1 N–H and O–H groups in total. The van der Waals surface area contributed by atoms with E-state index in [1.807, 2.05) is 44.2 Å². The molecule has 0 saturated carbocycles. The average molecular weight is 618 g/mol. The van der Waals surface area contributed by atoms with Crippen LogP contribution in [0.5, 0.6) is 5.75 Å². The third-order valence-corrected chi connectivity index (χ3v) is 8.55. The maximum Gasteiger partial charge on any atom is 0.534 e. The van der Waals surface area contributed by atoms with Crippen molar-refractivity contribution >= 4 is 54.3 Å². The van der Waals surface area contributed by atoms with Crippen LogP contribution < -0.4 is 9.50 Å². The molecule has 0 spiro atoms. The summed E-state index contributed by atoms with van der Waals surface area (Å²) in [7, 11) is -5.11. The van der Waals surface area contributed by atoms with E-state index in [9.17, 15) is 31.2 Å². The molecule has 0 radical (unpaired) electrons. The SMILES string of the molecule is COC(=O)c1nc(-c2ccc3c(c2)C(C(=O)Nc2nc4ccccc4s2)=CCC3(C)C)ccc1OS(=O)(=O)C(F)(F)F. The van der Waals surface area contributed by atoms with Gasteiger partial charge in [-0.2, -0.15) is 21.6 Å². The zero-order valence-corrected chi connectivity index (χ0v) is 23.9. The Morgan fingerprint density at radius 2 is 1.79 bits per heavy atom. The van der Waals surface area contributed by atoms with Crippen LogP contribution in [0, 0.1) is 0 Å². The van der Waals surface area contributed by atoms with Gasteiger partial charge in [0.2, 0.25) is 0 Å². The van der Waals surface area contributed by atoms with Crippen LogP contribution in [0.3, 0.4) is 0 Å². The van der Waals surface area contributed by atoms with Crippen LogP contribution in [0.25, 0.3) is 27.0 Å². The van der Waals surface area contributed by atoms with Crippen molar-refractivity contribution in [2.75, 3.05) is 12.4 Å². The lowest BCUT2D eigenvalue weighted by molar-refractivity contribution is -0.111. The molecule has 2 aromatic carbocycles. The predicted molar refractivity (Wildman–Crippen MR) is 150 cm³/mol. The van der Waals surface area contributed by atoms with Crippen molar-refractivity contribution in [3.05, 3.63) is 77.5 Å². The number of esters is 1. The molecule has 1 aliphatic carbocycles. The van der Waals surface area contributed by atoms with E-state index >= 15 is 0 Å². The van der Waals surface area contributed by atoms with Gasteiger partial charge >= 0.3 is 21.6 Å². The quantitative estimate of drug-likeness (QED) is 0.157. The number of pyridine rings is 1. The van der Waals surface area contributed by atoms with Crippen molar-refractivity contribution < 1.29 is 40.1 Å². The number of nitrogens with zero attached hydrogens (tertiary/aromatic N) is 2. The number of rotatable bonds is 6. The Kier molecular flexibility index (Phi) is 7.31. The number of anilines is 1. The zero-order valence-electron chi connectivity index (χ0n) is 22.3. The van der Waals surface area contributed by atoms with Gasteiger partial charge in [0, 0.05) is 11.1 Å². The number of para-hydroxylation sites is 1. The highest BCUT2D eigenvalue weighted by Gasteiger charge is 2.49. The molecule has 2 heterocycles. The van der Waals surface area contributed by atoms with Gasteiger partial charge in [-0.15, -0.1) is 0 Å². The monoisotopic (exact) mass is 617 g/mol. The number of carbonyl (C=O) groups excluding carboxylic acids is 2. The van der Waals surface area contributed by atoms with Crippen LogP contribution in [-0.4, -0.2) is 42.9 Å². The minimum absolute atomic E-state index is 0.101. The number of carbonyl (C=O) groups is 2. The molecule has 1 amide bonds. The van der Waals surface area contributed by atoms with Gasteiger partial charge in [-0.05, 0) is 53.3 Å². The van der Waals surface area contributed by atoms with Crippen molar-refractivity contribution in [3.8, 4) is 17.0 Å². The van der Waals surface area contributed by atoms with Crippen molar-refractivity contribution in [2.45, 2.75) is 31.2 Å². The van der Waals surface area contributed by atoms with Gasteiger partial charge in [-0.25, -0.2) is 14.8 Å². The lowest BCUT2D eigenvalue weighted by Gasteiger charge is -2.32. The highest BCUT2D eigenvalue weighted by Crippen LogP contribution is 2.41. The second-order valence-electron chi connectivity index (χ2n) is 9.93. The Labute approximate surface area is 242 Å². The third-order valence-electron chi connectivity index (χ3n) is 6.63. The highest BCUT2D eigenvalue weighted by molar-refractivity contribution is 7.88. The van der Waals surface area contributed by atoms with Crippen LogP contribution in [0.1, 0.15) is 41.9 Å². The molecule has 4 aromatic rings. The maximum atomic E-state index is 13.5. The molecule has 42 heavy (non-hydrogen) atoms. The van der Waals surface area contributed by atoms with E-state index in [1.54, 1.807) is 18.2 Å². The number of ether oxygens (including phenoxy) is 1. The molecule has 2 aromatic heterocycles. The average Bonchev–Trinajstić information content (AvgIpc) is 3.34. The molecule has 5 rings (SSSR count). The number of hydrogen-bond acceptors (Lipinski definition) is 9. The van der Waals surface area contributed by atoms with Gasteiger partial charge < -0.3 is 8.92 Å². The number of methoxy groups -OCH3 is 1. The minimum atomic E-state index is -6.07. The van der Waals surface area contributed by atoms with Gasteiger partial charge in [0.25, 0.3) is 5.91 Å². The van der Waals surface area contributed by atoms with E-state index in [2.05, 4.69) is 24.2 Å². The van der Waals surface area contributed by atoms with Crippen LogP contribution in [-0.2, 0) is 25.1 Å². The molecule has 218 valence electrons. The number of fused-ring (bicyclic) bond motifs is 2. The number of halogens is 3. The number of amides is 1. The van der Waals surface area contributed by atoms with Crippen LogP contribution >= 0.6 is 11.3 Å². The molecule has 9 nitrogen and oxygen atoms in total. The van der Waals surface area contributed by atoms with Crippen molar-refractivity contribution in [1.29, 1.82) is 0 Å². The van der Waals surface area contributed by atoms with Crippen LogP contribution in [0.2, 0.25) is 0 Å². The summed E-state index contributed by atoms with van der Waals surface area (Å²) in [4.78, 5) is 34.3. The van der Waals surface area contributed by atoms with E-state index in [0.29, 0.717) is 28.3 Å². The normalized spacial score (nSPS) is 14.6. The third kappa shape index (κ3) is 5.46. The largest absolute Gasteiger partial charge is 0.534 e. The molecule has 0 atom stereocenters. The molecule has 0 bridgehead atoms. The second-order valence-corrected chi connectivity index (χ2v) is 12.5. The summed E-state index contributed by atoms with van der Waals surface area (Å²) >= 11 is 1.33. The highest BCUT2D eigenvalue weighted by atomic mass is 32.2. The summed E-state index contributed by atoms with van der Waals surface area (Å²) in [6.45, 7) is 4.04. The molecule has 0 unspecified atom stereocenters. The Hall–Kier alpha value is -4.30. The van der Waals surface area contributed by atoms with Crippen LogP contribution in [0.15, 0.2) is 60.7 Å². The number of allylic oxidation sites excluding steroid dienone is 1. The molecule has 0 aliphatic heterocycles. The number of benzene rings is 2. The summed E-state index contributed by atoms with van der Waals surface area (Å²) in [6.07, 6.45) is 2.40.